The number of hydrogen-bond donors (Lipinski definition) is 2. The summed E-state index contributed by atoms with van der Waals surface area (Å²) in [5, 5.41) is 12.7. The molecule has 122 valence electrons. The van der Waals surface area contributed by atoms with E-state index in [0.29, 0.717) is 31.2 Å². The summed E-state index contributed by atoms with van der Waals surface area (Å²) in [4.78, 5) is 16.8. The van der Waals surface area contributed by atoms with E-state index in [1.54, 1.807) is 0 Å². The Morgan fingerprint density at radius 2 is 1.95 bits per heavy atom. The molecular weight excluding hydrogens is 266 g/mol. The van der Waals surface area contributed by atoms with E-state index in [9.17, 15) is 9.90 Å². The molecule has 0 saturated carbocycles. The van der Waals surface area contributed by atoms with Gasteiger partial charge in [0, 0.05) is 31.2 Å². The number of aliphatic hydroxyl groups excluding tert-OH is 1. The highest BCUT2D eigenvalue weighted by Crippen LogP contribution is 2.22. The second-order valence-corrected chi connectivity index (χ2v) is 6.68. The van der Waals surface area contributed by atoms with Crippen LogP contribution < -0.4 is 5.32 Å². The Morgan fingerprint density at radius 3 is 2.52 bits per heavy atom. The highest BCUT2D eigenvalue weighted by atomic mass is 16.3. The Morgan fingerprint density at radius 1 is 1.24 bits per heavy atom. The topological polar surface area (TPSA) is 55.8 Å². The summed E-state index contributed by atoms with van der Waals surface area (Å²) >= 11 is 0. The van der Waals surface area contributed by atoms with Gasteiger partial charge in [-0.15, -0.1) is 0 Å². The van der Waals surface area contributed by atoms with Crippen LogP contribution in [0.4, 0.5) is 0 Å². The van der Waals surface area contributed by atoms with Crippen LogP contribution in [0.1, 0.15) is 46.0 Å². The minimum atomic E-state index is 0.116. The van der Waals surface area contributed by atoms with E-state index in [0.717, 1.165) is 25.9 Å². The maximum Gasteiger partial charge on any atom is 0.237 e. The average molecular weight is 297 g/mol. The molecule has 2 saturated heterocycles. The van der Waals surface area contributed by atoms with Crippen LogP contribution in [0.3, 0.4) is 0 Å². The Labute approximate surface area is 128 Å². The molecule has 2 aliphatic heterocycles. The normalized spacial score (nSPS) is 30.1. The maximum absolute atomic E-state index is 12.7. The molecule has 3 unspecified atom stereocenters. The number of hydrogen-bond acceptors (Lipinski definition) is 4. The summed E-state index contributed by atoms with van der Waals surface area (Å²) in [6.07, 6.45) is 5.83. The summed E-state index contributed by atoms with van der Waals surface area (Å²) in [7, 11) is 0. The van der Waals surface area contributed by atoms with Crippen molar-refractivity contribution in [3.8, 4) is 0 Å². The lowest BCUT2D eigenvalue weighted by Crippen LogP contribution is -2.52. The third kappa shape index (κ3) is 4.66. The van der Waals surface area contributed by atoms with Gasteiger partial charge in [-0.2, -0.15) is 0 Å². The molecule has 5 heteroatoms. The molecule has 0 spiro atoms. The highest BCUT2D eigenvalue weighted by Gasteiger charge is 2.30. The highest BCUT2D eigenvalue weighted by molar-refractivity contribution is 5.79. The van der Waals surface area contributed by atoms with Crippen LogP contribution in [-0.4, -0.2) is 71.7 Å². The number of piperidine rings is 1. The first kappa shape index (κ1) is 16.7. The van der Waals surface area contributed by atoms with E-state index in [-0.39, 0.29) is 12.5 Å². The van der Waals surface area contributed by atoms with Crippen LogP contribution in [0, 0.1) is 0 Å². The van der Waals surface area contributed by atoms with Crippen molar-refractivity contribution in [2.75, 3.05) is 32.8 Å². The van der Waals surface area contributed by atoms with Crippen molar-refractivity contribution < 1.29 is 9.90 Å². The zero-order valence-corrected chi connectivity index (χ0v) is 13.6. The molecule has 5 nitrogen and oxygen atoms in total. The van der Waals surface area contributed by atoms with Gasteiger partial charge in [-0.1, -0.05) is 0 Å². The zero-order chi connectivity index (χ0) is 15.2. The van der Waals surface area contributed by atoms with E-state index >= 15 is 0 Å². The molecule has 0 bridgehead atoms. The molecule has 0 aromatic heterocycles. The molecule has 2 aliphatic rings. The van der Waals surface area contributed by atoms with E-state index in [2.05, 4.69) is 29.0 Å². The predicted octanol–water partition coefficient (Wildman–Crippen LogP) is 0.822. The molecule has 2 rings (SSSR count). The van der Waals surface area contributed by atoms with Gasteiger partial charge in [0.25, 0.3) is 0 Å². The van der Waals surface area contributed by atoms with Crippen LogP contribution in [-0.2, 0) is 4.79 Å². The summed E-state index contributed by atoms with van der Waals surface area (Å²) in [5.74, 6) is 0.223. The van der Waals surface area contributed by atoms with Crippen LogP contribution in [0.15, 0.2) is 0 Å². The van der Waals surface area contributed by atoms with Gasteiger partial charge in [0.15, 0.2) is 0 Å². The lowest BCUT2D eigenvalue weighted by Gasteiger charge is -2.40. The van der Waals surface area contributed by atoms with Gasteiger partial charge in [-0.3, -0.25) is 9.69 Å². The molecule has 0 aromatic carbocycles. The van der Waals surface area contributed by atoms with Gasteiger partial charge in [0.05, 0.1) is 13.2 Å². The molecule has 2 fully saturated rings. The molecule has 2 heterocycles. The first-order chi connectivity index (χ1) is 10.1. The lowest BCUT2D eigenvalue weighted by molar-refractivity contribution is -0.138. The Hall–Kier alpha value is -0.650. The first-order valence-electron chi connectivity index (χ1n) is 8.49. The molecule has 0 aliphatic carbocycles. The lowest BCUT2D eigenvalue weighted by atomic mass is 9.97. The van der Waals surface area contributed by atoms with Crippen molar-refractivity contribution in [3.63, 3.8) is 0 Å². The molecule has 3 atom stereocenters. The summed E-state index contributed by atoms with van der Waals surface area (Å²) in [5.41, 5.74) is 0. The van der Waals surface area contributed by atoms with Crippen molar-refractivity contribution in [2.24, 2.45) is 0 Å². The second-order valence-electron chi connectivity index (χ2n) is 6.68. The Kier molecular flexibility index (Phi) is 6.45. The molecular formula is C16H31N3O2. The summed E-state index contributed by atoms with van der Waals surface area (Å²) in [6.45, 7) is 7.39. The average Bonchev–Trinajstić information content (AvgIpc) is 2.91. The summed E-state index contributed by atoms with van der Waals surface area (Å²) in [6, 6.07) is 1.17. The maximum atomic E-state index is 12.7. The largest absolute Gasteiger partial charge is 0.395 e. The van der Waals surface area contributed by atoms with Gasteiger partial charge >= 0.3 is 0 Å². The molecule has 0 aromatic rings. The van der Waals surface area contributed by atoms with Crippen molar-refractivity contribution in [1.82, 2.24) is 15.1 Å². The first-order valence-corrected chi connectivity index (χ1v) is 8.49. The smallest absolute Gasteiger partial charge is 0.237 e. The molecule has 0 radical (unpaired) electrons. The monoisotopic (exact) mass is 297 g/mol. The predicted molar refractivity (Wildman–Crippen MR) is 84.2 cm³/mol. The minimum absolute atomic E-state index is 0.116. The fourth-order valence-electron chi connectivity index (χ4n) is 3.79. The molecule has 2 N–H and O–H groups in total. The van der Waals surface area contributed by atoms with Crippen molar-refractivity contribution >= 4 is 5.91 Å². The summed E-state index contributed by atoms with van der Waals surface area (Å²) < 4.78 is 0. The SMILES string of the molecule is CC1CCCC(C)N1C(=O)CN(CCO)CC1CCCN1. The van der Waals surface area contributed by atoms with Gasteiger partial charge in [0.1, 0.15) is 0 Å². The third-order valence-electron chi connectivity index (χ3n) is 4.90. The van der Waals surface area contributed by atoms with E-state index < -0.39 is 0 Å². The van der Waals surface area contributed by atoms with Gasteiger partial charge in [-0.05, 0) is 52.5 Å². The zero-order valence-electron chi connectivity index (χ0n) is 13.6. The fourth-order valence-corrected chi connectivity index (χ4v) is 3.79. The number of carbonyl (C=O) groups is 1. The fraction of sp³-hybridized carbons (Fsp3) is 0.938. The van der Waals surface area contributed by atoms with Crippen molar-refractivity contribution in [2.45, 2.75) is 64.1 Å². The third-order valence-corrected chi connectivity index (χ3v) is 4.90. The quantitative estimate of drug-likeness (QED) is 0.762. The van der Waals surface area contributed by atoms with Crippen LogP contribution >= 0.6 is 0 Å². The van der Waals surface area contributed by atoms with E-state index in [1.807, 2.05) is 0 Å². The molecule has 21 heavy (non-hydrogen) atoms. The van der Waals surface area contributed by atoms with Gasteiger partial charge in [0.2, 0.25) is 5.91 Å². The molecule has 1 amide bonds. The Bertz CT molecular complexity index is 321. The van der Waals surface area contributed by atoms with Crippen molar-refractivity contribution in [1.29, 1.82) is 0 Å². The second kappa shape index (κ2) is 8.11. The van der Waals surface area contributed by atoms with E-state index in [1.165, 1.54) is 19.3 Å². The van der Waals surface area contributed by atoms with Crippen LogP contribution in [0.25, 0.3) is 0 Å². The minimum Gasteiger partial charge on any atom is -0.395 e. The number of carbonyl (C=O) groups excluding carboxylic acids is 1. The standard InChI is InChI=1S/C16H31N3O2/c1-13-5-3-6-14(2)19(13)16(21)12-18(9-10-20)11-15-7-4-8-17-15/h13-15,17,20H,3-12H2,1-2H3. The number of rotatable bonds is 6. The number of nitrogens with zero attached hydrogens (tertiary/aromatic N) is 2. The Balaban J connectivity index is 1.89. The van der Waals surface area contributed by atoms with Crippen molar-refractivity contribution in [3.05, 3.63) is 0 Å². The number of amides is 1. The number of nitrogens with one attached hydrogen (secondary N) is 1. The van der Waals surface area contributed by atoms with Gasteiger partial charge < -0.3 is 15.3 Å². The number of aliphatic hydroxyl groups is 1. The van der Waals surface area contributed by atoms with Crippen LogP contribution in [0.2, 0.25) is 0 Å². The number of likely N-dealkylation sites (tertiary alicyclic amines) is 1. The van der Waals surface area contributed by atoms with E-state index in [4.69, 9.17) is 0 Å². The van der Waals surface area contributed by atoms with Crippen LogP contribution in [0.5, 0.6) is 0 Å². The van der Waals surface area contributed by atoms with Gasteiger partial charge in [-0.25, -0.2) is 0 Å².